The molecule has 0 aliphatic carbocycles. The van der Waals surface area contributed by atoms with Crippen molar-refractivity contribution < 1.29 is 5.21 Å². The maximum Gasteiger partial charge on any atom is 0.118 e. The lowest BCUT2D eigenvalue weighted by atomic mass is 10.2. The minimum Gasteiger partial charge on any atom is -0.411 e. The van der Waals surface area contributed by atoms with E-state index in [0.29, 0.717) is 5.15 Å². The molecule has 0 fully saturated rings. The molecule has 14 heavy (non-hydrogen) atoms. The number of halogens is 1. The summed E-state index contributed by atoms with van der Waals surface area (Å²) in [6.07, 6.45) is 1.35. The van der Waals surface area contributed by atoms with Gasteiger partial charge < -0.3 is 9.77 Å². The van der Waals surface area contributed by atoms with Crippen molar-refractivity contribution in [3.05, 3.63) is 35.0 Å². The molecule has 1 N–H and O–H groups in total. The smallest absolute Gasteiger partial charge is 0.118 e. The van der Waals surface area contributed by atoms with Gasteiger partial charge >= 0.3 is 0 Å². The molecule has 4 heteroatoms. The molecule has 2 rings (SSSR count). The minimum atomic E-state index is 0.573. The molecule has 1 aromatic carbocycles. The number of nitrogens with zero attached hydrogens (tertiary/aromatic N) is 2. The molecule has 0 aliphatic heterocycles. The van der Waals surface area contributed by atoms with E-state index in [1.54, 1.807) is 0 Å². The summed E-state index contributed by atoms with van der Waals surface area (Å²) in [6, 6.07) is 7.78. The van der Waals surface area contributed by atoms with Crippen LogP contribution in [0, 0.1) is 0 Å². The zero-order valence-electron chi connectivity index (χ0n) is 7.61. The predicted octanol–water partition coefficient (Wildman–Crippen LogP) is 2.64. The quantitative estimate of drug-likeness (QED) is 0.437. The van der Waals surface area contributed by atoms with Gasteiger partial charge in [-0.1, -0.05) is 35.0 Å². The second-order valence-corrected chi connectivity index (χ2v) is 3.38. The van der Waals surface area contributed by atoms with Gasteiger partial charge in [-0.3, -0.25) is 0 Å². The van der Waals surface area contributed by atoms with Gasteiger partial charge in [-0.15, -0.1) is 0 Å². The Hall–Kier alpha value is -1.48. The van der Waals surface area contributed by atoms with Crippen molar-refractivity contribution in [1.29, 1.82) is 0 Å². The van der Waals surface area contributed by atoms with Gasteiger partial charge in [-0.25, -0.2) is 0 Å². The number of rotatable bonds is 1. The van der Waals surface area contributed by atoms with Crippen molar-refractivity contribution in [2.75, 3.05) is 0 Å². The second kappa shape index (κ2) is 3.35. The average molecular weight is 209 g/mol. The van der Waals surface area contributed by atoms with E-state index in [2.05, 4.69) is 5.16 Å². The maximum absolute atomic E-state index is 8.51. The standard InChI is InChI=1S/C10H9ClN2O/c1-13-9-5-3-2-4-7(9)8(6-12-14)10(13)11/h2-6,14H,1H3/b12-6+. The van der Waals surface area contributed by atoms with Gasteiger partial charge in [0.2, 0.25) is 0 Å². The minimum absolute atomic E-state index is 0.573. The Labute approximate surface area is 86.2 Å². The highest BCUT2D eigenvalue weighted by Gasteiger charge is 2.10. The Balaban J connectivity index is 2.87. The first-order valence-electron chi connectivity index (χ1n) is 4.16. The number of aromatic nitrogens is 1. The van der Waals surface area contributed by atoms with Crippen molar-refractivity contribution in [1.82, 2.24) is 4.57 Å². The van der Waals surface area contributed by atoms with Gasteiger partial charge in [0.1, 0.15) is 5.15 Å². The van der Waals surface area contributed by atoms with Gasteiger partial charge in [0.05, 0.1) is 6.21 Å². The van der Waals surface area contributed by atoms with Gasteiger partial charge in [0.25, 0.3) is 0 Å². The summed E-state index contributed by atoms with van der Waals surface area (Å²) in [6.45, 7) is 0. The summed E-state index contributed by atoms with van der Waals surface area (Å²) in [7, 11) is 1.87. The number of oxime groups is 1. The van der Waals surface area contributed by atoms with Gasteiger partial charge in [-0.05, 0) is 6.07 Å². The third-order valence-electron chi connectivity index (χ3n) is 2.26. The van der Waals surface area contributed by atoms with Crippen LogP contribution in [0.3, 0.4) is 0 Å². The zero-order valence-corrected chi connectivity index (χ0v) is 8.36. The first-order chi connectivity index (χ1) is 6.75. The molecule has 0 saturated carbocycles. The van der Waals surface area contributed by atoms with E-state index in [0.717, 1.165) is 16.5 Å². The fourth-order valence-corrected chi connectivity index (χ4v) is 1.81. The van der Waals surface area contributed by atoms with E-state index >= 15 is 0 Å². The number of hydrogen-bond donors (Lipinski definition) is 1. The Kier molecular flexibility index (Phi) is 2.17. The van der Waals surface area contributed by atoms with Crippen LogP contribution in [0.4, 0.5) is 0 Å². The number of benzene rings is 1. The van der Waals surface area contributed by atoms with Crippen molar-refractivity contribution in [2.24, 2.45) is 12.2 Å². The van der Waals surface area contributed by atoms with E-state index in [1.807, 2.05) is 35.9 Å². The zero-order chi connectivity index (χ0) is 10.1. The van der Waals surface area contributed by atoms with Crippen LogP contribution in [0.15, 0.2) is 29.4 Å². The number of aryl methyl sites for hydroxylation is 1. The maximum atomic E-state index is 8.51. The van der Waals surface area contributed by atoms with E-state index in [1.165, 1.54) is 6.21 Å². The molecule has 3 nitrogen and oxygen atoms in total. The third-order valence-corrected chi connectivity index (χ3v) is 2.72. The lowest BCUT2D eigenvalue weighted by Crippen LogP contribution is -1.86. The van der Waals surface area contributed by atoms with Crippen LogP contribution in [0.5, 0.6) is 0 Å². The Morgan fingerprint density at radius 3 is 2.86 bits per heavy atom. The predicted molar refractivity (Wildman–Crippen MR) is 57.3 cm³/mol. The summed E-state index contributed by atoms with van der Waals surface area (Å²) < 4.78 is 1.86. The van der Waals surface area contributed by atoms with E-state index in [9.17, 15) is 0 Å². The highest BCUT2D eigenvalue weighted by molar-refractivity contribution is 6.34. The van der Waals surface area contributed by atoms with Crippen LogP contribution in [0.25, 0.3) is 10.9 Å². The molecule has 0 aliphatic rings. The summed E-state index contributed by atoms with van der Waals surface area (Å²) in [4.78, 5) is 0. The highest BCUT2D eigenvalue weighted by Crippen LogP contribution is 2.27. The molecule has 2 aromatic rings. The topological polar surface area (TPSA) is 37.5 Å². The fraction of sp³-hybridized carbons (Fsp3) is 0.100. The highest BCUT2D eigenvalue weighted by atomic mass is 35.5. The van der Waals surface area contributed by atoms with Crippen molar-refractivity contribution in [2.45, 2.75) is 0 Å². The lowest BCUT2D eigenvalue weighted by Gasteiger charge is -1.94. The van der Waals surface area contributed by atoms with Crippen LogP contribution in [-0.2, 0) is 7.05 Å². The Morgan fingerprint density at radius 1 is 1.43 bits per heavy atom. The summed E-state index contributed by atoms with van der Waals surface area (Å²) in [5.74, 6) is 0. The summed E-state index contributed by atoms with van der Waals surface area (Å²) in [5, 5.41) is 13.1. The van der Waals surface area contributed by atoms with Crippen molar-refractivity contribution >= 4 is 28.7 Å². The van der Waals surface area contributed by atoms with Gasteiger partial charge in [0.15, 0.2) is 0 Å². The normalized spacial score (nSPS) is 11.6. The molecule has 0 atom stereocenters. The SMILES string of the molecule is Cn1c(Cl)c(/C=N/O)c2ccccc21. The van der Waals surface area contributed by atoms with Gasteiger partial charge in [0, 0.05) is 23.5 Å². The molecule has 0 spiro atoms. The number of para-hydroxylation sites is 1. The molecular formula is C10H9ClN2O. The Morgan fingerprint density at radius 2 is 2.14 bits per heavy atom. The van der Waals surface area contributed by atoms with Crippen LogP contribution in [0.1, 0.15) is 5.56 Å². The molecule has 0 amide bonds. The van der Waals surface area contributed by atoms with Gasteiger partial charge in [-0.2, -0.15) is 0 Å². The van der Waals surface area contributed by atoms with E-state index in [4.69, 9.17) is 16.8 Å². The summed E-state index contributed by atoms with van der Waals surface area (Å²) >= 11 is 6.08. The molecule has 1 heterocycles. The molecule has 0 unspecified atom stereocenters. The largest absolute Gasteiger partial charge is 0.411 e. The molecular weight excluding hydrogens is 200 g/mol. The number of hydrogen-bond acceptors (Lipinski definition) is 2. The van der Waals surface area contributed by atoms with E-state index in [-0.39, 0.29) is 0 Å². The molecule has 0 saturated heterocycles. The van der Waals surface area contributed by atoms with Crippen LogP contribution < -0.4 is 0 Å². The molecule has 72 valence electrons. The van der Waals surface area contributed by atoms with Crippen molar-refractivity contribution in [3.63, 3.8) is 0 Å². The first-order valence-corrected chi connectivity index (χ1v) is 4.54. The molecule has 0 bridgehead atoms. The fourth-order valence-electron chi connectivity index (χ4n) is 1.57. The Bertz CT molecular complexity index is 502. The van der Waals surface area contributed by atoms with Crippen LogP contribution in [0.2, 0.25) is 5.15 Å². The molecule has 0 radical (unpaired) electrons. The number of fused-ring (bicyclic) bond motifs is 1. The first kappa shape index (κ1) is 9.09. The lowest BCUT2D eigenvalue weighted by molar-refractivity contribution is 0.322. The third kappa shape index (κ3) is 1.17. The average Bonchev–Trinajstić information content (AvgIpc) is 2.45. The van der Waals surface area contributed by atoms with Crippen LogP contribution >= 0.6 is 11.6 Å². The molecule has 1 aromatic heterocycles. The van der Waals surface area contributed by atoms with Crippen LogP contribution in [-0.4, -0.2) is 16.0 Å². The van der Waals surface area contributed by atoms with E-state index < -0.39 is 0 Å². The monoisotopic (exact) mass is 208 g/mol. The van der Waals surface area contributed by atoms with Crippen molar-refractivity contribution in [3.8, 4) is 0 Å². The second-order valence-electron chi connectivity index (χ2n) is 3.03. The summed E-state index contributed by atoms with van der Waals surface area (Å²) in [5.41, 5.74) is 1.76.